The first-order valence-corrected chi connectivity index (χ1v) is 7.36. The van der Waals surface area contributed by atoms with Gasteiger partial charge in [0, 0.05) is 24.7 Å². The lowest BCUT2D eigenvalue weighted by Crippen LogP contribution is -2.31. The molecule has 1 aliphatic heterocycles. The van der Waals surface area contributed by atoms with Gasteiger partial charge in [0.2, 0.25) is 0 Å². The van der Waals surface area contributed by atoms with Gasteiger partial charge in [-0.05, 0) is 42.8 Å². The Kier molecular flexibility index (Phi) is 4.09. The number of benzene rings is 1. The molecular formula is C16H15ClFN3O. The third-order valence-electron chi connectivity index (χ3n) is 3.86. The number of amides is 1. The summed E-state index contributed by atoms with van der Waals surface area (Å²) >= 11 is 5.76. The maximum absolute atomic E-state index is 13.9. The van der Waals surface area contributed by atoms with Crippen molar-refractivity contribution in [2.75, 3.05) is 18.5 Å². The fourth-order valence-corrected chi connectivity index (χ4v) is 2.74. The molecule has 0 spiro atoms. The Morgan fingerprint density at radius 1 is 1.32 bits per heavy atom. The topological polar surface area (TPSA) is 45.2 Å². The minimum absolute atomic E-state index is 0.178. The second-order valence-corrected chi connectivity index (χ2v) is 5.57. The highest BCUT2D eigenvalue weighted by Crippen LogP contribution is 2.24. The molecule has 2 aromatic rings. The number of carbonyl (C=O) groups is 1. The number of halogens is 2. The van der Waals surface area contributed by atoms with Gasteiger partial charge >= 0.3 is 0 Å². The lowest BCUT2D eigenvalue weighted by molar-refractivity contribution is 0.0991. The lowest BCUT2D eigenvalue weighted by Gasteiger charge is -2.23. The van der Waals surface area contributed by atoms with E-state index >= 15 is 0 Å². The van der Waals surface area contributed by atoms with Gasteiger partial charge in [0.1, 0.15) is 11.0 Å². The highest BCUT2D eigenvalue weighted by Gasteiger charge is 2.23. The molecule has 1 aliphatic rings. The summed E-state index contributed by atoms with van der Waals surface area (Å²) in [5.74, 6) is -0.447. The van der Waals surface area contributed by atoms with Gasteiger partial charge in [0.15, 0.2) is 0 Å². The van der Waals surface area contributed by atoms with Crippen LogP contribution in [0.25, 0.3) is 0 Å². The van der Waals surface area contributed by atoms with Gasteiger partial charge in [-0.1, -0.05) is 11.6 Å². The molecule has 0 saturated heterocycles. The van der Waals surface area contributed by atoms with Crippen LogP contribution in [0.2, 0.25) is 5.15 Å². The molecular weight excluding hydrogens is 305 g/mol. The lowest BCUT2D eigenvalue weighted by atomic mass is 9.94. The summed E-state index contributed by atoms with van der Waals surface area (Å²) < 4.78 is 13.9. The summed E-state index contributed by atoms with van der Waals surface area (Å²) in [6, 6.07) is 6.27. The molecule has 0 saturated carbocycles. The summed E-state index contributed by atoms with van der Waals surface area (Å²) in [4.78, 5) is 18.2. The van der Waals surface area contributed by atoms with Gasteiger partial charge in [-0.25, -0.2) is 9.37 Å². The largest absolute Gasteiger partial charge is 0.312 e. The van der Waals surface area contributed by atoms with Gasteiger partial charge in [0.25, 0.3) is 5.91 Å². The van der Waals surface area contributed by atoms with Crippen LogP contribution in [0.3, 0.4) is 0 Å². The molecule has 114 valence electrons. The molecule has 3 rings (SSSR count). The van der Waals surface area contributed by atoms with E-state index in [1.807, 2.05) is 0 Å². The highest BCUT2D eigenvalue weighted by atomic mass is 35.5. The molecule has 0 unspecified atom stereocenters. The van der Waals surface area contributed by atoms with Crippen molar-refractivity contribution >= 4 is 23.2 Å². The van der Waals surface area contributed by atoms with Crippen molar-refractivity contribution in [2.24, 2.45) is 0 Å². The van der Waals surface area contributed by atoms with Crippen molar-refractivity contribution in [3.63, 3.8) is 0 Å². The van der Waals surface area contributed by atoms with E-state index in [0.717, 1.165) is 12.1 Å². The second-order valence-electron chi connectivity index (χ2n) is 5.18. The average Bonchev–Trinajstić information content (AvgIpc) is 2.55. The Bertz CT molecular complexity index is 718. The van der Waals surface area contributed by atoms with Crippen LogP contribution in [-0.2, 0) is 13.0 Å². The Labute approximate surface area is 132 Å². The van der Waals surface area contributed by atoms with Crippen LogP contribution in [0.5, 0.6) is 0 Å². The number of hydrogen-bond acceptors (Lipinski definition) is 3. The number of anilines is 1. The number of hydrogen-bond donors (Lipinski definition) is 1. The molecule has 6 heteroatoms. The van der Waals surface area contributed by atoms with E-state index in [9.17, 15) is 9.18 Å². The van der Waals surface area contributed by atoms with E-state index in [4.69, 9.17) is 11.6 Å². The van der Waals surface area contributed by atoms with Crippen LogP contribution < -0.4 is 10.2 Å². The molecule has 0 bridgehead atoms. The third kappa shape index (κ3) is 2.69. The Balaban J connectivity index is 1.97. The number of nitrogens with one attached hydrogen (secondary N) is 1. The molecule has 0 radical (unpaired) electrons. The number of pyridine rings is 1. The minimum atomic E-state index is -0.269. The van der Waals surface area contributed by atoms with E-state index in [-0.39, 0.29) is 11.7 Å². The number of fused-ring (bicyclic) bond motifs is 1. The molecule has 0 atom stereocenters. The summed E-state index contributed by atoms with van der Waals surface area (Å²) in [5, 5.41) is 3.50. The first kappa shape index (κ1) is 14.9. The molecule has 2 heterocycles. The van der Waals surface area contributed by atoms with Crippen molar-refractivity contribution < 1.29 is 9.18 Å². The van der Waals surface area contributed by atoms with Crippen molar-refractivity contribution in [1.82, 2.24) is 10.3 Å². The zero-order chi connectivity index (χ0) is 15.7. The third-order valence-corrected chi connectivity index (χ3v) is 4.09. The average molecular weight is 320 g/mol. The fourth-order valence-electron chi connectivity index (χ4n) is 2.63. The van der Waals surface area contributed by atoms with Crippen LogP contribution in [0.4, 0.5) is 10.1 Å². The first-order chi connectivity index (χ1) is 10.6. The maximum atomic E-state index is 13.9. The van der Waals surface area contributed by atoms with Gasteiger partial charge < -0.3 is 10.2 Å². The van der Waals surface area contributed by atoms with E-state index in [0.29, 0.717) is 34.9 Å². The summed E-state index contributed by atoms with van der Waals surface area (Å²) in [5.41, 5.74) is 2.55. The second kappa shape index (κ2) is 6.02. The number of nitrogens with zero attached hydrogens (tertiary/aromatic N) is 2. The molecule has 1 aromatic heterocycles. The van der Waals surface area contributed by atoms with Crippen LogP contribution in [0, 0.1) is 5.82 Å². The molecule has 4 nitrogen and oxygen atoms in total. The minimum Gasteiger partial charge on any atom is -0.312 e. The normalized spacial score (nSPS) is 13.6. The number of aromatic nitrogens is 1. The highest BCUT2D eigenvalue weighted by molar-refractivity contribution is 6.29. The Morgan fingerprint density at radius 3 is 2.86 bits per heavy atom. The first-order valence-electron chi connectivity index (χ1n) is 6.98. The van der Waals surface area contributed by atoms with Crippen LogP contribution in [-0.4, -0.2) is 24.5 Å². The van der Waals surface area contributed by atoms with Crippen molar-refractivity contribution in [3.8, 4) is 0 Å². The predicted molar refractivity (Wildman–Crippen MR) is 83.8 cm³/mol. The van der Waals surface area contributed by atoms with Gasteiger partial charge in [-0.15, -0.1) is 0 Å². The van der Waals surface area contributed by atoms with Crippen molar-refractivity contribution in [2.45, 2.75) is 13.0 Å². The van der Waals surface area contributed by atoms with Gasteiger partial charge in [0.05, 0.1) is 11.9 Å². The Morgan fingerprint density at radius 2 is 2.14 bits per heavy atom. The number of rotatable bonds is 2. The molecule has 0 aliphatic carbocycles. The summed E-state index contributed by atoms with van der Waals surface area (Å²) in [7, 11) is 1.67. The van der Waals surface area contributed by atoms with E-state index in [1.165, 1.54) is 17.2 Å². The number of carbonyl (C=O) groups excluding carboxylic acids is 1. The van der Waals surface area contributed by atoms with E-state index in [1.54, 1.807) is 25.2 Å². The fraction of sp³-hybridized carbons (Fsp3) is 0.250. The zero-order valence-electron chi connectivity index (χ0n) is 12.1. The SMILES string of the molecule is CN(C(=O)c1ccc(F)c2c1CCNC2)c1ccc(Cl)nc1. The summed E-state index contributed by atoms with van der Waals surface area (Å²) in [6.45, 7) is 1.19. The molecule has 22 heavy (non-hydrogen) atoms. The van der Waals surface area contributed by atoms with Crippen LogP contribution in [0.1, 0.15) is 21.5 Å². The molecule has 0 fully saturated rings. The van der Waals surface area contributed by atoms with Crippen molar-refractivity contribution in [3.05, 3.63) is 58.1 Å². The molecule has 1 N–H and O–H groups in total. The van der Waals surface area contributed by atoms with Crippen LogP contribution in [0.15, 0.2) is 30.5 Å². The van der Waals surface area contributed by atoms with Gasteiger partial charge in [-0.3, -0.25) is 4.79 Å². The standard InChI is InChI=1S/C16H15ClFN3O/c1-21(10-2-5-15(17)20-8-10)16(22)12-3-4-14(18)13-9-19-7-6-11(12)13/h2-5,8,19H,6-7,9H2,1H3. The maximum Gasteiger partial charge on any atom is 0.258 e. The summed E-state index contributed by atoms with van der Waals surface area (Å²) in [6.07, 6.45) is 2.18. The zero-order valence-corrected chi connectivity index (χ0v) is 12.8. The van der Waals surface area contributed by atoms with E-state index < -0.39 is 0 Å². The monoisotopic (exact) mass is 319 g/mol. The van der Waals surface area contributed by atoms with E-state index in [2.05, 4.69) is 10.3 Å². The molecule has 1 amide bonds. The van der Waals surface area contributed by atoms with Crippen molar-refractivity contribution in [1.29, 1.82) is 0 Å². The smallest absolute Gasteiger partial charge is 0.258 e. The molecule has 1 aromatic carbocycles. The van der Waals surface area contributed by atoms with Gasteiger partial charge in [-0.2, -0.15) is 0 Å². The van der Waals surface area contributed by atoms with Crippen LogP contribution >= 0.6 is 11.6 Å². The Hall–Kier alpha value is -1.98. The predicted octanol–water partition coefficient (Wildman–Crippen LogP) is 2.80. The quantitative estimate of drug-likeness (QED) is 0.866.